The average Bonchev–Trinajstić information content (AvgIpc) is 3.13. The lowest BCUT2D eigenvalue weighted by Gasteiger charge is -2.20. The average molecular weight is 323 g/mol. The summed E-state index contributed by atoms with van der Waals surface area (Å²) in [6.45, 7) is 4.17. The number of amides is 1. The first-order chi connectivity index (χ1) is 10.1. The molecule has 2 heterocycles. The van der Waals surface area contributed by atoms with Crippen LogP contribution in [-0.2, 0) is 16.1 Å². The van der Waals surface area contributed by atoms with Crippen molar-refractivity contribution in [3.05, 3.63) is 44.8 Å². The topological polar surface area (TPSA) is 55.4 Å². The van der Waals surface area contributed by atoms with Crippen molar-refractivity contribution in [1.82, 2.24) is 5.32 Å². The Bertz CT molecular complexity index is 576. The van der Waals surface area contributed by atoms with Crippen LogP contribution in [0.5, 0.6) is 0 Å². The van der Waals surface area contributed by atoms with Crippen LogP contribution in [0.25, 0.3) is 0 Å². The van der Waals surface area contributed by atoms with Gasteiger partial charge in [0.1, 0.15) is 4.88 Å². The lowest BCUT2D eigenvalue weighted by molar-refractivity contribution is -0.132. The summed E-state index contributed by atoms with van der Waals surface area (Å²) in [5.74, 6) is -0.796. The minimum atomic E-state index is -0.778. The first-order valence-corrected chi connectivity index (χ1v) is 8.38. The fourth-order valence-electron chi connectivity index (χ4n) is 1.75. The molecule has 2 aromatic rings. The maximum atomic E-state index is 12.2. The van der Waals surface area contributed by atoms with Gasteiger partial charge in [-0.15, -0.1) is 22.7 Å². The van der Waals surface area contributed by atoms with Gasteiger partial charge in [-0.25, -0.2) is 4.79 Å². The van der Waals surface area contributed by atoms with Crippen molar-refractivity contribution in [3.63, 3.8) is 0 Å². The van der Waals surface area contributed by atoms with Gasteiger partial charge in [-0.2, -0.15) is 0 Å². The number of nitrogens with one attached hydrogen (secondary N) is 1. The second-order valence-electron chi connectivity index (χ2n) is 4.84. The van der Waals surface area contributed by atoms with Gasteiger partial charge >= 0.3 is 5.97 Å². The Balaban J connectivity index is 1.94. The van der Waals surface area contributed by atoms with E-state index >= 15 is 0 Å². The molecule has 0 spiro atoms. The van der Waals surface area contributed by atoms with Crippen molar-refractivity contribution in [2.45, 2.75) is 26.5 Å². The molecule has 0 saturated carbocycles. The quantitative estimate of drug-likeness (QED) is 0.830. The van der Waals surface area contributed by atoms with E-state index in [1.54, 1.807) is 28.8 Å². The van der Waals surface area contributed by atoms with E-state index in [2.05, 4.69) is 5.32 Å². The molecule has 2 aromatic heterocycles. The Morgan fingerprint density at radius 1 is 1.19 bits per heavy atom. The third-order valence-electron chi connectivity index (χ3n) is 2.84. The molecule has 1 atom stereocenters. The summed E-state index contributed by atoms with van der Waals surface area (Å²) in [7, 11) is 0. The first kappa shape index (κ1) is 15.7. The van der Waals surface area contributed by atoms with E-state index in [4.69, 9.17) is 4.74 Å². The van der Waals surface area contributed by atoms with Gasteiger partial charge in [0.05, 0.1) is 6.54 Å². The largest absolute Gasteiger partial charge is 0.448 e. The summed E-state index contributed by atoms with van der Waals surface area (Å²) in [5, 5.41) is 6.57. The van der Waals surface area contributed by atoms with Crippen molar-refractivity contribution in [1.29, 1.82) is 0 Å². The Morgan fingerprint density at radius 2 is 1.90 bits per heavy atom. The number of carbonyl (C=O) groups excluding carboxylic acids is 2. The standard InChI is InChI=1S/C15H17NO3S2/c1-10(2)13(19-15(18)12-6-4-8-21-12)14(17)16-9-11-5-3-7-20-11/h3-8,10,13H,9H2,1-2H3,(H,16,17)/t13-/m1/s1. The summed E-state index contributed by atoms with van der Waals surface area (Å²) in [5.41, 5.74) is 0. The molecule has 0 saturated heterocycles. The molecule has 0 aliphatic rings. The van der Waals surface area contributed by atoms with Crippen LogP contribution in [0.4, 0.5) is 0 Å². The van der Waals surface area contributed by atoms with Crippen LogP contribution in [0.2, 0.25) is 0 Å². The number of hydrogen-bond donors (Lipinski definition) is 1. The Labute approximate surface area is 131 Å². The maximum absolute atomic E-state index is 12.2. The van der Waals surface area contributed by atoms with E-state index in [1.807, 2.05) is 31.4 Å². The zero-order valence-corrected chi connectivity index (χ0v) is 13.5. The summed E-state index contributed by atoms with van der Waals surface area (Å²) in [6, 6.07) is 7.35. The molecule has 6 heteroatoms. The molecule has 0 aromatic carbocycles. The molecule has 2 rings (SSSR count). The molecule has 0 fully saturated rings. The number of ether oxygens (including phenoxy) is 1. The van der Waals surface area contributed by atoms with Gasteiger partial charge in [-0.3, -0.25) is 4.79 Å². The van der Waals surface area contributed by atoms with Crippen LogP contribution in [0, 0.1) is 5.92 Å². The third-order valence-corrected chi connectivity index (χ3v) is 4.56. The molecule has 1 N–H and O–H groups in total. The number of esters is 1. The number of rotatable bonds is 6. The van der Waals surface area contributed by atoms with E-state index < -0.39 is 12.1 Å². The molecule has 0 bridgehead atoms. The number of hydrogen-bond acceptors (Lipinski definition) is 5. The van der Waals surface area contributed by atoms with Crippen molar-refractivity contribution >= 4 is 34.6 Å². The van der Waals surface area contributed by atoms with E-state index in [-0.39, 0.29) is 11.8 Å². The monoisotopic (exact) mass is 323 g/mol. The highest BCUT2D eigenvalue weighted by Crippen LogP contribution is 2.15. The lowest BCUT2D eigenvalue weighted by atomic mass is 10.1. The van der Waals surface area contributed by atoms with E-state index in [9.17, 15) is 9.59 Å². The summed E-state index contributed by atoms with van der Waals surface area (Å²) >= 11 is 2.88. The van der Waals surface area contributed by atoms with E-state index in [1.165, 1.54) is 11.3 Å². The second-order valence-corrected chi connectivity index (χ2v) is 6.82. The molecule has 0 aliphatic heterocycles. The normalized spacial score (nSPS) is 12.1. The number of carbonyl (C=O) groups is 2. The van der Waals surface area contributed by atoms with E-state index in [0.29, 0.717) is 11.4 Å². The predicted octanol–water partition coefficient (Wildman–Crippen LogP) is 3.31. The van der Waals surface area contributed by atoms with Crippen molar-refractivity contribution in [3.8, 4) is 0 Å². The number of thiophene rings is 2. The Morgan fingerprint density at radius 3 is 2.48 bits per heavy atom. The van der Waals surface area contributed by atoms with E-state index in [0.717, 1.165) is 4.88 Å². The van der Waals surface area contributed by atoms with Crippen molar-refractivity contribution in [2.24, 2.45) is 5.92 Å². The molecule has 1 amide bonds. The van der Waals surface area contributed by atoms with Crippen LogP contribution < -0.4 is 5.32 Å². The van der Waals surface area contributed by atoms with Gasteiger partial charge in [0.25, 0.3) is 5.91 Å². The second kappa shape index (κ2) is 7.38. The Kier molecular flexibility index (Phi) is 5.52. The molecule has 21 heavy (non-hydrogen) atoms. The van der Waals surface area contributed by atoms with Crippen LogP contribution in [0.3, 0.4) is 0 Å². The van der Waals surface area contributed by atoms with Gasteiger partial charge in [0.15, 0.2) is 6.10 Å². The summed E-state index contributed by atoms with van der Waals surface area (Å²) < 4.78 is 5.35. The van der Waals surface area contributed by atoms with Gasteiger partial charge < -0.3 is 10.1 Å². The molecule has 112 valence electrons. The fraction of sp³-hybridized carbons (Fsp3) is 0.333. The van der Waals surface area contributed by atoms with Crippen LogP contribution in [0.1, 0.15) is 28.4 Å². The zero-order valence-electron chi connectivity index (χ0n) is 11.9. The third kappa shape index (κ3) is 4.41. The van der Waals surface area contributed by atoms with Crippen LogP contribution >= 0.6 is 22.7 Å². The molecule has 0 unspecified atom stereocenters. The first-order valence-electron chi connectivity index (χ1n) is 6.62. The summed E-state index contributed by atoms with van der Waals surface area (Å²) in [4.78, 5) is 25.7. The molecule has 0 radical (unpaired) electrons. The molecular formula is C15H17NO3S2. The SMILES string of the molecule is CC(C)[C@@H](OC(=O)c1cccs1)C(=O)NCc1cccs1. The van der Waals surface area contributed by atoms with Crippen LogP contribution in [0.15, 0.2) is 35.0 Å². The fourth-order valence-corrected chi connectivity index (χ4v) is 3.00. The van der Waals surface area contributed by atoms with Crippen molar-refractivity contribution < 1.29 is 14.3 Å². The maximum Gasteiger partial charge on any atom is 0.349 e. The Hall–Kier alpha value is -1.66. The highest BCUT2D eigenvalue weighted by Gasteiger charge is 2.27. The minimum Gasteiger partial charge on any atom is -0.448 e. The lowest BCUT2D eigenvalue weighted by Crippen LogP contribution is -2.40. The molecule has 4 nitrogen and oxygen atoms in total. The van der Waals surface area contributed by atoms with Gasteiger partial charge in [-0.1, -0.05) is 26.0 Å². The molecule has 0 aliphatic carbocycles. The van der Waals surface area contributed by atoms with Gasteiger partial charge in [-0.05, 0) is 28.8 Å². The van der Waals surface area contributed by atoms with Gasteiger partial charge in [0, 0.05) is 4.88 Å². The van der Waals surface area contributed by atoms with Crippen molar-refractivity contribution in [2.75, 3.05) is 0 Å². The minimum absolute atomic E-state index is 0.0859. The smallest absolute Gasteiger partial charge is 0.349 e. The van der Waals surface area contributed by atoms with Crippen LogP contribution in [-0.4, -0.2) is 18.0 Å². The summed E-state index contributed by atoms with van der Waals surface area (Å²) in [6.07, 6.45) is -0.778. The zero-order chi connectivity index (χ0) is 15.2. The van der Waals surface area contributed by atoms with Gasteiger partial charge in [0.2, 0.25) is 0 Å². The predicted molar refractivity (Wildman–Crippen MR) is 84.5 cm³/mol. The molecular weight excluding hydrogens is 306 g/mol. The highest BCUT2D eigenvalue weighted by molar-refractivity contribution is 7.12. The highest BCUT2D eigenvalue weighted by atomic mass is 32.1.